The van der Waals surface area contributed by atoms with Crippen molar-refractivity contribution in [3.8, 4) is 11.5 Å². The maximum absolute atomic E-state index is 12.5. The molecule has 8 heteroatoms. The van der Waals surface area contributed by atoms with Gasteiger partial charge in [0, 0.05) is 49.4 Å². The number of aromatic nitrogens is 1. The van der Waals surface area contributed by atoms with Crippen LogP contribution in [0.2, 0.25) is 0 Å². The van der Waals surface area contributed by atoms with Crippen molar-refractivity contribution in [1.82, 2.24) is 15.4 Å². The Morgan fingerprint density at radius 1 is 1.28 bits per heavy atom. The average Bonchev–Trinajstić information content (AvgIpc) is 3.08. The van der Waals surface area contributed by atoms with E-state index in [1.807, 2.05) is 30.4 Å². The fourth-order valence-electron chi connectivity index (χ4n) is 2.43. The Labute approximate surface area is 150 Å². The normalized spacial score (nSPS) is 15.2. The second-order valence-corrected chi connectivity index (χ2v) is 6.82. The molecule has 1 aromatic heterocycles. The maximum atomic E-state index is 12.5. The number of amides is 1. The molecule has 25 heavy (non-hydrogen) atoms. The van der Waals surface area contributed by atoms with Crippen LogP contribution >= 0.6 is 11.3 Å². The quantitative estimate of drug-likeness (QED) is 0.822. The fraction of sp³-hybridized carbons (Fsp3) is 0.412. The minimum atomic E-state index is -0.241. The second kappa shape index (κ2) is 8.28. The van der Waals surface area contributed by atoms with Crippen LogP contribution < -0.4 is 20.2 Å². The lowest BCUT2D eigenvalue weighted by atomic mass is 10.2. The highest BCUT2D eigenvalue weighted by Crippen LogP contribution is 2.26. The molecule has 0 bridgehead atoms. The highest BCUT2D eigenvalue weighted by molar-refractivity contribution is 7.13. The summed E-state index contributed by atoms with van der Waals surface area (Å²) in [7, 11) is 0. The molecule has 0 aliphatic carbocycles. The minimum Gasteiger partial charge on any atom is -0.491 e. The lowest BCUT2D eigenvalue weighted by Gasteiger charge is -2.27. The van der Waals surface area contributed by atoms with E-state index in [9.17, 15) is 4.79 Å². The lowest BCUT2D eigenvalue weighted by molar-refractivity contribution is -0.0666. The molecule has 0 radical (unpaired) electrons. The van der Waals surface area contributed by atoms with Crippen molar-refractivity contribution >= 4 is 22.4 Å². The number of rotatable bonds is 6. The molecule has 1 aromatic carbocycles. The third-order valence-corrected chi connectivity index (χ3v) is 4.17. The first kappa shape index (κ1) is 17.7. The molecule has 2 heterocycles. The van der Waals surface area contributed by atoms with Crippen molar-refractivity contribution < 1.29 is 14.4 Å². The van der Waals surface area contributed by atoms with Crippen LogP contribution in [0.3, 0.4) is 0 Å². The van der Waals surface area contributed by atoms with E-state index in [1.165, 1.54) is 11.3 Å². The number of benzene rings is 1. The Balaban J connectivity index is 1.79. The van der Waals surface area contributed by atoms with Crippen LogP contribution in [-0.4, -0.2) is 48.2 Å². The smallest absolute Gasteiger partial charge is 0.257 e. The van der Waals surface area contributed by atoms with E-state index in [-0.39, 0.29) is 12.0 Å². The van der Waals surface area contributed by atoms with Gasteiger partial charge in [-0.2, -0.15) is 0 Å². The summed E-state index contributed by atoms with van der Waals surface area (Å²) in [6, 6.07) is 5.24. The molecular formula is C17H22N4O3S. The molecule has 2 N–H and O–H groups in total. The SMILES string of the molecule is CC(C)Oc1cc(ON2CCNCC2)cc(C(=O)Nc2nccs2)c1. The summed E-state index contributed by atoms with van der Waals surface area (Å²) < 4.78 is 5.77. The van der Waals surface area contributed by atoms with E-state index < -0.39 is 0 Å². The summed E-state index contributed by atoms with van der Waals surface area (Å²) in [6.07, 6.45) is 1.65. The topological polar surface area (TPSA) is 75.7 Å². The molecule has 0 unspecified atom stereocenters. The van der Waals surface area contributed by atoms with E-state index in [2.05, 4.69) is 15.6 Å². The summed E-state index contributed by atoms with van der Waals surface area (Å²) >= 11 is 1.37. The molecule has 134 valence electrons. The number of hydroxylamine groups is 2. The second-order valence-electron chi connectivity index (χ2n) is 5.92. The summed E-state index contributed by atoms with van der Waals surface area (Å²) in [5.74, 6) is 0.950. The third-order valence-electron chi connectivity index (χ3n) is 3.48. The number of hydrogen-bond donors (Lipinski definition) is 2. The Bertz CT molecular complexity index is 700. The summed E-state index contributed by atoms with van der Waals surface area (Å²) in [4.78, 5) is 22.5. The van der Waals surface area contributed by atoms with Crippen LogP contribution in [0.25, 0.3) is 0 Å². The summed E-state index contributed by atoms with van der Waals surface area (Å²) in [6.45, 7) is 7.21. The Hall–Kier alpha value is -2.16. The number of hydrogen-bond acceptors (Lipinski definition) is 7. The van der Waals surface area contributed by atoms with Crippen molar-refractivity contribution in [2.24, 2.45) is 0 Å². The van der Waals surface area contributed by atoms with E-state index in [1.54, 1.807) is 18.3 Å². The number of carbonyl (C=O) groups excluding carboxylic acids is 1. The Morgan fingerprint density at radius 3 is 2.72 bits per heavy atom. The molecule has 1 saturated heterocycles. The largest absolute Gasteiger partial charge is 0.491 e. The number of piperazine rings is 1. The first-order valence-corrected chi connectivity index (χ1v) is 9.14. The molecule has 1 fully saturated rings. The van der Waals surface area contributed by atoms with Gasteiger partial charge in [0.25, 0.3) is 5.91 Å². The highest BCUT2D eigenvalue weighted by Gasteiger charge is 2.16. The minimum absolute atomic E-state index is 0.00399. The van der Waals surface area contributed by atoms with Gasteiger partial charge in [-0.05, 0) is 26.0 Å². The highest BCUT2D eigenvalue weighted by atomic mass is 32.1. The maximum Gasteiger partial charge on any atom is 0.257 e. The first-order chi connectivity index (χ1) is 12.1. The number of ether oxygens (including phenoxy) is 1. The number of carbonyl (C=O) groups is 1. The van der Waals surface area contributed by atoms with Crippen molar-refractivity contribution in [2.45, 2.75) is 20.0 Å². The Kier molecular flexibility index (Phi) is 5.85. The van der Waals surface area contributed by atoms with Crippen molar-refractivity contribution in [2.75, 3.05) is 31.5 Å². The van der Waals surface area contributed by atoms with Crippen LogP contribution in [-0.2, 0) is 0 Å². The standard InChI is InChI=1S/C17H22N4O3S/c1-12(2)23-14-9-13(16(22)20-17-19-5-8-25-17)10-15(11-14)24-21-6-3-18-4-7-21/h5,8-12,18H,3-4,6-7H2,1-2H3,(H,19,20,22). The fourth-order valence-corrected chi connectivity index (χ4v) is 2.96. The van der Waals surface area contributed by atoms with Gasteiger partial charge in [0.15, 0.2) is 10.9 Å². The number of nitrogens with zero attached hydrogens (tertiary/aromatic N) is 2. The van der Waals surface area contributed by atoms with Crippen molar-refractivity contribution in [3.63, 3.8) is 0 Å². The van der Waals surface area contributed by atoms with Crippen LogP contribution in [0.4, 0.5) is 5.13 Å². The van der Waals surface area contributed by atoms with Gasteiger partial charge < -0.3 is 14.9 Å². The van der Waals surface area contributed by atoms with Gasteiger partial charge in [0.1, 0.15) is 5.75 Å². The molecule has 0 spiro atoms. The molecular weight excluding hydrogens is 340 g/mol. The molecule has 1 aliphatic rings. The molecule has 3 rings (SSSR count). The van der Waals surface area contributed by atoms with Crippen LogP contribution in [0.15, 0.2) is 29.8 Å². The zero-order valence-electron chi connectivity index (χ0n) is 14.3. The monoisotopic (exact) mass is 362 g/mol. The molecule has 1 aliphatic heterocycles. The van der Waals surface area contributed by atoms with Crippen LogP contribution in [0.5, 0.6) is 11.5 Å². The van der Waals surface area contributed by atoms with Gasteiger partial charge in [-0.1, -0.05) is 0 Å². The molecule has 2 aromatic rings. The summed E-state index contributed by atoms with van der Waals surface area (Å²) in [5, 5.41) is 10.3. The van der Waals surface area contributed by atoms with Gasteiger partial charge in [0.05, 0.1) is 6.10 Å². The predicted molar refractivity (Wildman–Crippen MR) is 97.3 cm³/mol. The zero-order chi connectivity index (χ0) is 17.6. The third kappa shape index (κ3) is 5.15. The number of thiazole rings is 1. The zero-order valence-corrected chi connectivity index (χ0v) is 15.1. The van der Waals surface area contributed by atoms with E-state index >= 15 is 0 Å². The van der Waals surface area contributed by atoms with Crippen LogP contribution in [0.1, 0.15) is 24.2 Å². The van der Waals surface area contributed by atoms with Gasteiger partial charge in [-0.15, -0.1) is 16.4 Å². The number of anilines is 1. The number of nitrogens with one attached hydrogen (secondary N) is 2. The van der Waals surface area contributed by atoms with Crippen molar-refractivity contribution in [1.29, 1.82) is 0 Å². The van der Waals surface area contributed by atoms with E-state index in [0.29, 0.717) is 22.2 Å². The average molecular weight is 362 g/mol. The van der Waals surface area contributed by atoms with Gasteiger partial charge in [-0.3, -0.25) is 10.1 Å². The van der Waals surface area contributed by atoms with Crippen LogP contribution in [0, 0.1) is 0 Å². The predicted octanol–water partition coefficient (Wildman–Crippen LogP) is 2.38. The van der Waals surface area contributed by atoms with Crippen molar-refractivity contribution in [3.05, 3.63) is 35.3 Å². The van der Waals surface area contributed by atoms with E-state index in [4.69, 9.17) is 9.57 Å². The summed E-state index contributed by atoms with van der Waals surface area (Å²) in [5.41, 5.74) is 0.471. The van der Waals surface area contributed by atoms with Gasteiger partial charge in [-0.25, -0.2) is 4.98 Å². The molecule has 0 atom stereocenters. The van der Waals surface area contributed by atoms with Gasteiger partial charge >= 0.3 is 0 Å². The lowest BCUT2D eigenvalue weighted by Crippen LogP contribution is -2.45. The van der Waals surface area contributed by atoms with E-state index in [0.717, 1.165) is 26.2 Å². The van der Waals surface area contributed by atoms with Gasteiger partial charge in [0.2, 0.25) is 0 Å². The molecule has 1 amide bonds. The Morgan fingerprint density at radius 2 is 2.04 bits per heavy atom. The molecule has 7 nitrogen and oxygen atoms in total. The first-order valence-electron chi connectivity index (χ1n) is 8.26. The molecule has 0 saturated carbocycles.